The van der Waals surface area contributed by atoms with Crippen LogP contribution in [0.1, 0.15) is 18.4 Å². The standard InChI is InChI=1S/C21H24N2O3S/c24-20(7-6-18-10-13-27-16-18)22-14-17-8-11-23(12-9-17)21(25)15-26-19-4-2-1-3-5-19/h1-7,10,13,16-17H,8-9,11-12,14-15H2,(H,22,24)/b7-6+. The van der Waals surface area contributed by atoms with Gasteiger partial charge >= 0.3 is 0 Å². The maximum Gasteiger partial charge on any atom is 0.260 e. The van der Waals surface area contributed by atoms with Crippen LogP contribution in [0.3, 0.4) is 0 Å². The summed E-state index contributed by atoms with van der Waals surface area (Å²) in [6.07, 6.45) is 5.18. The molecule has 1 N–H and O–H groups in total. The van der Waals surface area contributed by atoms with Gasteiger partial charge in [-0.3, -0.25) is 9.59 Å². The zero-order valence-electron chi connectivity index (χ0n) is 15.2. The molecule has 1 aromatic carbocycles. The highest BCUT2D eigenvalue weighted by molar-refractivity contribution is 7.08. The highest BCUT2D eigenvalue weighted by Crippen LogP contribution is 2.17. The molecule has 0 bridgehead atoms. The summed E-state index contributed by atoms with van der Waals surface area (Å²) in [6, 6.07) is 11.3. The van der Waals surface area contributed by atoms with Crippen molar-refractivity contribution >= 4 is 29.2 Å². The summed E-state index contributed by atoms with van der Waals surface area (Å²) < 4.78 is 5.53. The number of carbonyl (C=O) groups is 2. The Kier molecular flexibility index (Phi) is 7.04. The van der Waals surface area contributed by atoms with E-state index in [2.05, 4.69) is 5.32 Å². The number of nitrogens with one attached hydrogen (secondary N) is 1. The molecule has 1 aliphatic heterocycles. The molecule has 2 aromatic rings. The quantitative estimate of drug-likeness (QED) is 0.746. The van der Waals surface area contributed by atoms with Crippen molar-refractivity contribution in [2.45, 2.75) is 12.8 Å². The summed E-state index contributed by atoms with van der Waals surface area (Å²) in [5.74, 6) is 1.05. The van der Waals surface area contributed by atoms with Crippen LogP contribution >= 0.6 is 11.3 Å². The lowest BCUT2D eigenvalue weighted by Gasteiger charge is -2.32. The lowest BCUT2D eigenvalue weighted by molar-refractivity contribution is -0.134. The van der Waals surface area contributed by atoms with Crippen molar-refractivity contribution < 1.29 is 14.3 Å². The maximum atomic E-state index is 12.3. The van der Waals surface area contributed by atoms with Gasteiger partial charge in [-0.1, -0.05) is 18.2 Å². The minimum atomic E-state index is -0.0732. The fourth-order valence-corrected chi connectivity index (χ4v) is 3.61. The molecule has 0 unspecified atom stereocenters. The number of thiophene rings is 1. The molecule has 1 saturated heterocycles. The Morgan fingerprint density at radius 3 is 2.67 bits per heavy atom. The van der Waals surface area contributed by atoms with Crippen molar-refractivity contribution in [1.29, 1.82) is 0 Å². The third kappa shape index (κ3) is 6.25. The first kappa shape index (κ1) is 19.2. The summed E-state index contributed by atoms with van der Waals surface area (Å²) in [5, 5.41) is 6.94. The van der Waals surface area contributed by atoms with Gasteiger partial charge in [0.15, 0.2) is 6.61 Å². The maximum absolute atomic E-state index is 12.3. The van der Waals surface area contributed by atoms with E-state index < -0.39 is 0 Å². The normalized spacial score (nSPS) is 15.0. The number of likely N-dealkylation sites (tertiary alicyclic amines) is 1. The van der Waals surface area contributed by atoms with Gasteiger partial charge < -0.3 is 15.0 Å². The van der Waals surface area contributed by atoms with Crippen molar-refractivity contribution in [3.63, 3.8) is 0 Å². The van der Waals surface area contributed by atoms with Crippen LogP contribution in [0.25, 0.3) is 6.08 Å². The van der Waals surface area contributed by atoms with Crippen LogP contribution in [0, 0.1) is 5.92 Å². The van der Waals surface area contributed by atoms with Crippen molar-refractivity contribution in [1.82, 2.24) is 10.2 Å². The second kappa shape index (κ2) is 9.92. The molecule has 142 valence electrons. The Bertz CT molecular complexity index is 751. The van der Waals surface area contributed by atoms with Crippen molar-refractivity contribution in [3.05, 3.63) is 58.8 Å². The summed E-state index contributed by atoms with van der Waals surface area (Å²) >= 11 is 1.61. The lowest BCUT2D eigenvalue weighted by atomic mass is 9.97. The predicted octanol–water partition coefficient (Wildman–Crippen LogP) is 3.20. The van der Waals surface area contributed by atoms with E-state index in [0.29, 0.717) is 31.3 Å². The number of rotatable bonds is 7. The number of hydrogen-bond donors (Lipinski definition) is 1. The van der Waals surface area contributed by atoms with Crippen LogP contribution in [0.15, 0.2) is 53.2 Å². The van der Waals surface area contributed by atoms with Gasteiger partial charge in [0.2, 0.25) is 5.91 Å². The second-order valence-corrected chi connectivity index (χ2v) is 7.34. The molecule has 5 nitrogen and oxygen atoms in total. The van der Waals surface area contributed by atoms with E-state index in [0.717, 1.165) is 18.4 Å². The van der Waals surface area contributed by atoms with Gasteiger partial charge in [0, 0.05) is 25.7 Å². The highest BCUT2D eigenvalue weighted by Gasteiger charge is 2.23. The van der Waals surface area contributed by atoms with Gasteiger partial charge in [-0.2, -0.15) is 11.3 Å². The minimum absolute atomic E-state index is 0.0139. The Morgan fingerprint density at radius 1 is 1.19 bits per heavy atom. The average Bonchev–Trinajstić information content (AvgIpc) is 3.24. The molecule has 27 heavy (non-hydrogen) atoms. The molecular formula is C21H24N2O3S. The van der Waals surface area contributed by atoms with E-state index in [9.17, 15) is 9.59 Å². The molecule has 0 radical (unpaired) electrons. The van der Waals surface area contributed by atoms with E-state index in [1.807, 2.05) is 58.1 Å². The molecule has 2 amide bonds. The number of amides is 2. The minimum Gasteiger partial charge on any atom is -0.484 e. The Hall–Kier alpha value is -2.60. The van der Waals surface area contributed by atoms with E-state index in [4.69, 9.17) is 4.74 Å². The largest absolute Gasteiger partial charge is 0.484 e. The summed E-state index contributed by atoms with van der Waals surface area (Å²) in [7, 11) is 0. The van der Waals surface area contributed by atoms with Crippen LogP contribution < -0.4 is 10.1 Å². The van der Waals surface area contributed by atoms with E-state index in [1.165, 1.54) is 0 Å². The topological polar surface area (TPSA) is 58.6 Å². The molecule has 0 aliphatic carbocycles. The molecule has 6 heteroatoms. The number of carbonyl (C=O) groups excluding carboxylic acids is 2. The van der Waals surface area contributed by atoms with Crippen molar-refractivity contribution in [3.8, 4) is 5.75 Å². The first-order valence-corrected chi connectivity index (χ1v) is 10.1. The number of ether oxygens (including phenoxy) is 1. The third-order valence-corrected chi connectivity index (χ3v) is 5.31. The molecule has 1 fully saturated rings. The van der Waals surface area contributed by atoms with Crippen molar-refractivity contribution in [2.24, 2.45) is 5.92 Å². The molecule has 0 spiro atoms. The van der Waals surface area contributed by atoms with Gasteiger partial charge in [-0.15, -0.1) is 0 Å². The Balaban J connectivity index is 1.33. The predicted molar refractivity (Wildman–Crippen MR) is 108 cm³/mol. The zero-order valence-corrected chi connectivity index (χ0v) is 16.0. The van der Waals surface area contributed by atoms with Gasteiger partial charge in [-0.25, -0.2) is 0 Å². The monoisotopic (exact) mass is 384 g/mol. The van der Waals surface area contributed by atoms with Crippen LogP contribution in [0.4, 0.5) is 0 Å². The smallest absolute Gasteiger partial charge is 0.260 e. The lowest BCUT2D eigenvalue weighted by Crippen LogP contribution is -2.43. The number of nitrogens with zero attached hydrogens (tertiary/aromatic N) is 1. The molecule has 0 saturated carbocycles. The molecular weight excluding hydrogens is 360 g/mol. The van der Waals surface area contributed by atoms with Crippen LogP contribution in [0.5, 0.6) is 5.75 Å². The zero-order chi connectivity index (χ0) is 18.9. The molecule has 3 rings (SSSR count). The highest BCUT2D eigenvalue weighted by atomic mass is 32.1. The van der Waals surface area contributed by atoms with Crippen molar-refractivity contribution in [2.75, 3.05) is 26.2 Å². The number of para-hydroxylation sites is 1. The fourth-order valence-electron chi connectivity index (χ4n) is 2.99. The van der Waals surface area contributed by atoms with E-state index in [-0.39, 0.29) is 18.4 Å². The van der Waals surface area contributed by atoms with E-state index >= 15 is 0 Å². The molecule has 2 heterocycles. The first-order chi connectivity index (χ1) is 13.2. The summed E-state index contributed by atoms with van der Waals surface area (Å²) in [5.41, 5.74) is 1.04. The third-order valence-electron chi connectivity index (χ3n) is 4.61. The first-order valence-electron chi connectivity index (χ1n) is 9.14. The van der Waals surface area contributed by atoms with Crippen LogP contribution in [-0.4, -0.2) is 43.0 Å². The average molecular weight is 385 g/mol. The van der Waals surface area contributed by atoms with Gasteiger partial charge in [0.1, 0.15) is 5.75 Å². The molecule has 1 aliphatic rings. The number of benzene rings is 1. The fraction of sp³-hybridized carbons (Fsp3) is 0.333. The van der Waals surface area contributed by atoms with Gasteiger partial charge in [0.05, 0.1) is 0 Å². The summed E-state index contributed by atoms with van der Waals surface area (Å²) in [4.78, 5) is 26.0. The summed E-state index contributed by atoms with van der Waals surface area (Å²) in [6.45, 7) is 2.14. The number of hydrogen-bond acceptors (Lipinski definition) is 4. The van der Waals surface area contributed by atoms with Gasteiger partial charge in [0.25, 0.3) is 5.91 Å². The van der Waals surface area contributed by atoms with Crippen LogP contribution in [-0.2, 0) is 9.59 Å². The SMILES string of the molecule is O=C(/C=C/c1ccsc1)NCC1CCN(C(=O)COc2ccccc2)CC1. The Labute approximate surface area is 163 Å². The van der Waals surface area contributed by atoms with Gasteiger partial charge in [-0.05, 0) is 59.4 Å². The number of piperidine rings is 1. The molecule has 1 aromatic heterocycles. The van der Waals surface area contributed by atoms with E-state index in [1.54, 1.807) is 17.4 Å². The second-order valence-electron chi connectivity index (χ2n) is 6.56. The Morgan fingerprint density at radius 2 is 1.96 bits per heavy atom. The van der Waals surface area contributed by atoms with Crippen LogP contribution in [0.2, 0.25) is 0 Å². The molecule has 0 atom stereocenters.